The quantitative estimate of drug-likeness (QED) is 0.504. The number of imidazole rings is 1. The summed E-state index contributed by atoms with van der Waals surface area (Å²) in [6.45, 7) is 0. The van der Waals surface area contributed by atoms with Crippen LogP contribution < -0.4 is 5.32 Å². The predicted octanol–water partition coefficient (Wildman–Crippen LogP) is 4.68. The van der Waals surface area contributed by atoms with E-state index in [4.69, 9.17) is 4.98 Å². The van der Waals surface area contributed by atoms with Crippen LogP contribution in [-0.4, -0.2) is 19.6 Å². The lowest BCUT2D eigenvalue weighted by Crippen LogP contribution is -1.95. The monoisotopic (exact) mass is 331 g/mol. The summed E-state index contributed by atoms with van der Waals surface area (Å²) in [6, 6.07) is 16.4. The minimum Gasteiger partial charge on any atom is -0.339 e. The van der Waals surface area contributed by atoms with Crippen molar-refractivity contribution in [1.82, 2.24) is 19.6 Å². The highest BCUT2D eigenvalue weighted by Gasteiger charge is 2.15. The zero-order valence-corrected chi connectivity index (χ0v) is 13.4. The van der Waals surface area contributed by atoms with Gasteiger partial charge in [0.1, 0.15) is 11.5 Å². The number of benzene rings is 2. The summed E-state index contributed by atoms with van der Waals surface area (Å²) in [6.07, 6.45) is 3.87. The van der Waals surface area contributed by atoms with E-state index in [0.29, 0.717) is 0 Å². The Balaban J connectivity index is 1.69. The second-order valence-corrected chi connectivity index (χ2v) is 6.40. The highest BCUT2D eigenvalue weighted by Crippen LogP contribution is 2.33. The van der Waals surface area contributed by atoms with Crippen molar-refractivity contribution in [1.29, 1.82) is 0 Å². The number of H-pyrrole nitrogens is 1. The Kier molecular flexibility index (Phi) is 2.89. The average molecular weight is 331 g/mol. The average Bonchev–Trinajstić information content (AvgIpc) is 3.32. The molecule has 2 aromatic carbocycles. The Morgan fingerprint density at radius 2 is 2.00 bits per heavy atom. The standard InChI is InChI=1S/C18H13N5S/c1-2-4-14(5-3-1)20-17-16(21-18-23(17)8-9-24-18)12-6-7-15-13(10-12)11-19-22-15/h1-11,20H,(H,19,22). The molecule has 24 heavy (non-hydrogen) atoms. The first-order valence-electron chi connectivity index (χ1n) is 7.59. The molecule has 0 saturated heterocycles. The molecule has 5 nitrogen and oxygen atoms in total. The molecule has 3 aromatic heterocycles. The Morgan fingerprint density at radius 3 is 2.92 bits per heavy atom. The van der Waals surface area contributed by atoms with Crippen molar-refractivity contribution in [3.8, 4) is 11.3 Å². The number of hydrogen-bond donors (Lipinski definition) is 2. The molecule has 0 aliphatic carbocycles. The van der Waals surface area contributed by atoms with E-state index in [1.165, 1.54) is 0 Å². The van der Waals surface area contributed by atoms with Gasteiger partial charge in [-0.2, -0.15) is 5.10 Å². The molecule has 0 aliphatic rings. The molecule has 5 aromatic rings. The smallest absolute Gasteiger partial charge is 0.195 e. The molecule has 0 radical (unpaired) electrons. The zero-order valence-electron chi connectivity index (χ0n) is 12.6. The summed E-state index contributed by atoms with van der Waals surface area (Å²) in [5, 5.41) is 13.7. The number of nitrogens with one attached hydrogen (secondary N) is 2. The van der Waals surface area contributed by atoms with Gasteiger partial charge in [0.05, 0.1) is 11.7 Å². The van der Waals surface area contributed by atoms with Crippen molar-refractivity contribution in [2.45, 2.75) is 0 Å². The topological polar surface area (TPSA) is 58.0 Å². The summed E-state index contributed by atoms with van der Waals surface area (Å²) in [5.41, 5.74) is 4.07. The van der Waals surface area contributed by atoms with Crippen LogP contribution in [-0.2, 0) is 0 Å². The number of anilines is 2. The van der Waals surface area contributed by atoms with Gasteiger partial charge < -0.3 is 5.32 Å². The van der Waals surface area contributed by atoms with Crippen LogP contribution in [0.1, 0.15) is 0 Å². The van der Waals surface area contributed by atoms with Crippen LogP contribution in [0.4, 0.5) is 11.5 Å². The summed E-state index contributed by atoms with van der Waals surface area (Å²) in [7, 11) is 0. The summed E-state index contributed by atoms with van der Waals surface area (Å²) in [5.74, 6) is 0.972. The zero-order chi connectivity index (χ0) is 15.9. The minimum atomic E-state index is 0.939. The van der Waals surface area contributed by atoms with Gasteiger partial charge in [-0.3, -0.25) is 9.50 Å². The molecule has 6 heteroatoms. The lowest BCUT2D eigenvalue weighted by Gasteiger charge is -2.08. The molecule has 3 heterocycles. The first-order valence-corrected chi connectivity index (χ1v) is 8.47. The third-order valence-corrected chi connectivity index (χ3v) is 4.77. The summed E-state index contributed by atoms with van der Waals surface area (Å²) in [4.78, 5) is 5.79. The van der Waals surface area contributed by atoms with Crippen LogP contribution in [0.2, 0.25) is 0 Å². The fourth-order valence-corrected chi connectivity index (χ4v) is 3.57. The Morgan fingerprint density at radius 1 is 1.08 bits per heavy atom. The fourth-order valence-electron chi connectivity index (χ4n) is 2.85. The van der Waals surface area contributed by atoms with Crippen LogP contribution in [0.3, 0.4) is 0 Å². The lowest BCUT2D eigenvalue weighted by atomic mass is 10.1. The van der Waals surface area contributed by atoms with Gasteiger partial charge in [0.15, 0.2) is 4.96 Å². The molecule has 0 amide bonds. The first-order chi connectivity index (χ1) is 11.9. The van der Waals surface area contributed by atoms with Crippen LogP contribution >= 0.6 is 11.3 Å². The largest absolute Gasteiger partial charge is 0.339 e. The van der Waals surface area contributed by atoms with Crippen LogP contribution in [0.25, 0.3) is 27.1 Å². The normalized spacial score (nSPS) is 11.3. The van der Waals surface area contributed by atoms with Gasteiger partial charge in [0, 0.05) is 28.2 Å². The van der Waals surface area contributed by atoms with Gasteiger partial charge in [-0.25, -0.2) is 4.98 Å². The second-order valence-electron chi connectivity index (χ2n) is 5.53. The number of thiazole rings is 1. The van der Waals surface area contributed by atoms with Crippen molar-refractivity contribution >= 4 is 38.7 Å². The minimum absolute atomic E-state index is 0.939. The summed E-state index contributed by atoms with van der Waals surface area (Å²) >= 11 is 1.63. The van der Waals surface area contributed by atoms with E-state index in [2.05, 4.69) is 44.2 Å². The molecule has 2 N–H and O–H groups in total. The number of fused-ring (bicyclic) bond motifs is 2. The van der Waals surface area contributed by atoms with Crippen molar-refractivity contribution < 1.29 is 0 Å². The molecule has 0 fully saturated rings. The first kappa shape index (κ1) is 13.3. The number of para-hydroxylation sites is 1. The highest BCUT2D eigenvalue weighted by molar-refractivity contribution is 7.15. The molecule has 116 valence electrons. The molecule has 0 saturated carbocycles. The number of aromatic nitrogens is 4. The third-order valence-electron chi connectivity index (χ3n) is 4.01. The maximum Gasteiger partial charge on any atom is 0.195 e. The van der Waals surface area contributed by atoms with Crippen molar-refractivity contribution in [3.05, 3.63) is 66.3 Å². The van der Waals surface area contributed by atoms with E-state index < -0.39 is 0 Å². The SMILES string of the molecule is c1ccc(Nc2c(-c3ccc4[nH]ncc4c3)nc3sccn23)cc1. The molecular formula is C18H13N5S. The molecule has 0 spiro atoms. The van der Waals surface area contributed by atoms with E-state index >= 15 is 0 Å². The van der Waals surface area contributed by atoms with Gasteiger partial charge in [0.2, 0.25) is 0 Å². The van der Waals surface area contributed by atoms with Gasteiger partial charge >= 0.3 is 0 Å². The lowest BCUT2D eigenvalue weighted by molar-refractivity contribution is 1.12. The van der Waals surface area contributed by atoms with E-state index in [0.717, 1.165) is 38.6 Å². The molecule has 5 rings (SSSR count). The van der Waals surface area contributed by atoms with Gasteiger partial charge in [-0.1, -0.05) is 24.3 Å². The van der Waals surface area contributed by atoms with E-state index in [1.54, 1.807) is 11.3 Å². The highest BCUT2D eigenvalue weighted by atomic mass is 32.1. The number of aromatic amines is 1. The van der Waals surface area contributed by atoms with Gasteiger partial charge in [0.25, 0.3) is 0 Å². The van der Waals surface area contributed by atoms with Crippen LogP contribution in [0.5, 0.6) is 0 Å². The van der Waals surface area contributed by atoms with Gasteiger partial charge in [-0.15, -0.1) is 11.3 Å². The number of hydrogen-bond acceptors (Lipinski definition) is 4. The Labute approximate surface area is 141 Å². The number of rotatable bonds is 3. The second kappa shape index (κ2) is 5.21. The molecule has 0 atom stereocenters. The van der Waals surface area contributed by atoms with Crippen molar-refractivity contribution in [2.75, 3.05) is 5.32 Å². The Hall–Kier alpha value is -3.12. The van der Waals surface area contributed by atoms with Crippen LogP contribution in [0.15, 0.2) is 66.3 Å². The van der Waals surface area contributed by atoms with Gasteiger partial charge in [-0.05, 0) is 24.3 Å². The van der Waals surface area contributed by atoms with Crippen LogP contribution in [0, 0.1) is 0 Å². The molecule has 0 unspecified atom stereocenters. The van der Waals surface area contributed by atoms with E-state index in [1.807, 2.05) is 42.0 Å². The maximum atomic E-state index is 4.82. The number of nitrogens with zero attached hydrogens (tertiary/aromatic N) is 3. The van der Waals surface area contributed by atoms with Crippen molar-refractivity contribution in [2.24, 2.45) is 0 Å². The van der Waals surface area contributed by atoms with Crippen molar-refractivity contribution in [3.63, 3.8) is 0 Å². The molecule has 0 bridgehead atoms. The predicted molar refractivity (Wildman–Crippen MR) is 97.9 cm³/mol. The van der Waals surface area contributed by atoms with E-state index in [-0.39, 0.29) is 0 Å². The maximum absolute atomic E-state index is 4.82. The molecular weight excluding hydrogens is 318 g/mol. The fraction of sp³-hybridized carbons (Fsp3) is 0. The Bertz CT molecular complexity index is 1140. The summed E-state index contributed by atoms with van der Waals surface area (Å²) < 4.78 is 2.09. The van der Waals surface area contributed by atoms with E-state index in [9.17, 15) is 0 Å². The molecule has 0 aliphatic heterocycles. The third kappa shape index (κ3) is 2.08.